The minimum absolute atomic E-state index is 0.0803. The van der Waals surface area contributed by atoms with E-state index in [4.69, 9.17) is 0 Å². The van der Waals surface area contributed by atoms with Gasteiger partial charge in [0, 0.05) is 5.25 Å². The van der Waals surface area contributed by atoms with Gasteiger partial charge in [-0.05, 0) is 45.3 Å². The van der Waals surface area contributed by atoms with E-state index in [1.54, 1.807) is 11.8 Å². The summed E-state index contributed by atoms with van der Waals surface area (Å²) >= 11 is 1.79. The first-order valence-electron chi connectivity index (χ1n) is 7.33. The van der Waals surface area contributed by atoms with Crippen LogP contribution in [0.3, 0.4) is 0 Å². The van der Waals surface area contributed by atoms with Gasteiger partial charge in [-0.2, -0.15) is 0 Å². The SMILES string of the molecule is Cc1ccc([C@@H](C)NC(=O)CSC2CCNCC2)cc1. The normalized spacial score (nSPS) is 17.7. The Balaban J connectivity index is 1.74. The molecule has 1 aliphatic heterocycles. The molecule has 1 saturated heterocycles. The number of benzene rings is 1. The molecule has 1 amide bonds. The van der Waals surface area contributed by atoms with Crippen LogP contribution in [0.25, 0.3) is 0 Å². The number of amides is 1. The molecule has 0 bridgehead atoms. The zero-order valence-electron chi connectivity index (χ0n) is 12.3. The van der Waals surface area contributed by atoms with Crippen LogP contribution in [0.4, 0.5) is 0 Å². The zero-order chi connectivity index (χ0) is 14.4. The third-order valence-electron chi connectivity index (χ3n) is 3.69. The predicted molar refractivity (Wildman–Crippen MR) is 86.1 cm³/mol. The Kier molecular flexibility index (Phi) is 5.92. The van der Waals surface area contributed by atoms with Gasteiger partial charge in [-0.25, -0.2) is 0 Å². The van der Waals surface area contributed by atoms with Crippen LogP contribution < -0.4 is 10.6 Å². The van der Waals surface area contributed by atoms with Crippen molar-refractivity contribution in [2.75, 3.05) is 18.8 Å². The molecule has 1 aromatic carbocycles. The standard InChI is InChI=1S/C16H24N2OS/c1-12-3-5-14(6-4-12)13(2)18-16(19)11-20-15-7-9-17-10-8-15/h3-6,13,15,17H,7-11H2,1-2H3,(H,18,19)/t13-/m1/s1. The molecule has 1 atom stereocenters. The Morgan fingerprint density at radius 2 is 2.00 bits per heavy atom. The van der Waals surface area contributed by atoms with Gasteiger partial charge in [0.1, 0.15) is 0 Å². The van der Waals surface area contributed by atoms with Crippen molar-refractivity contribution in [3.05, 3.63) is 35.4 Å². The fraction of sp³-hybridized carbons (Fsp3) is 0.562. The van der Waals surface area contributed by atoms with Crippen LogP contribution in [0.1, 0.15) is 36.9 Å². The molecule has 0 saturated carbocycles. The van der Waals surface area contributed by atoms with Crippen molar-refractivity contribution in [3.63, 3.8) is 0 Å². The number of carbonyl (C=O) groups is 1. The van der Waals surface area contributed by atoms with Crippen molar-refractivity contribution in [2.24, 2.45) is 0 Å². The second-order valence-electron chi connectivity index (χ2n) is 5.46. The molecule has 1 fully saturated rings. The number of hydrogen-bond acceptors (Lipinski definition) is 3. The summed E-state index contributed by atoms with van der Waals surface area (Å²) in [6.07, 6.45) is 2.34. The third-order valence-corrected chi connectivity index (χ3v) is 5.06. The maximum absolute atomic E-state index is 12.0. The van der Waals surface area contributed by atoms with Crippen molar-refractivity contribution < 1.29 is 4.79 Å². The lowest BCUT2D eigenvalue weighted by atomic mass is 10.1. The van der Waals surface area contributed by atoms with E-state index in [-0.39, 0.29) is 11.9 Å². The summed E-state index contributed by atoms with van der Waals surface area (Å²) in [5.41, 5.74) is 2.41. The fourth-order valence-electron chi connectivity index (χ4n) is 2.38. The maximum Gasteiger partial charge on any atom is 0.230 e. The Morgan fingerprint density at radius 1 is 1.35 bits per heavy atom. The number of rotatable bonds is 5. The molecule has 0 unspecified atom stereocenters. The molecule has 0 spiro atoms. The van der Waals surface area contributed by atoms with E-state index in [1.807, 2.05) is 6.92 Å². The van der Waals surface area contributed by atoms with Crippen LogP contribution in [0.15, 0.2) is 24.3 Å². The topological polar surface area (TPSA) is 41.1 Å². The maximum atomic E-state index is 12.0. The minimum Gasteiger partial charge on any atom is -0.349 e. The summed E-state index contributed by atoms with van der Waals surface area (Å²) in [5.74, 6) is 0.711. The lowest BCUT2D eigenvalue weighted by Gasteiger charge is -2.22. The van der Waals surface area contributed by atoms with E-state index in [0.29, 0.717) is 11.0 Å². The average Bonchev–Trinajstić information content (AvgIpc) is 2.47. The Morgan fingerprint density at radius 3 is 2.65 bits per heavy atom. The first kappa shape index (κ1) is 15.4. The number of hydrogen-bond donors (Lipinski definition) is 2. The molecule has 110 valence electrons. The molecule has 0 radical (unpaired) electrons. The molecular weight excluding hydrogens is 268 g/mol. The molecule has 1 aliphatic rings. The highest BCUT2D eigenvalue weighted by Gasteiger charge is 2.16. The van der Waals surface area contributed by atoms with Gasteiger partial charge in [0.25, 0.3) is 0 Å². The van der Waals surface area contributed by atoms with Gasteiger partial charge in [0.05, 0.1) is 11.8 Å². The molecule has 1 aromatic rings. The van der Waals surface area contributed by atoms with Gasteiger partial charge < -0.3 is 10.6 Å². The van der Waals surface area contributed by atoms with Gasteiger partial charge in [-0.15, -0.1) is 11.8 Å². The van der Waals surface area contributed by atoms with E-state index in [2.05, 4.69) is 41.8 Å². The number of aryl methyl sites for hydroxylation is 1. The fourth-order valence-corrected chi connectivity index (χ4v) is 3.42. The van der Waals surface area contributed by atoms with Gasteiger partial charge >= 0.3 is 0 Å². The minimum atomic E-state index is 0.0803. The van der Waals surface area contributed by atoms with Gasteiger partial charge in [-0.3, -0.25) is 4.79 Å². The van der Waals surface area contributed by atoms with Gasteiger partial charge in [0.2, 0.25) is 5.91 Å². The molecule has 0 aromatic heterocycles. The highest BCUT2D eigenvalue weighted by atomic mass is 32.2. The summed E-state index contributed by atoms with van der Waals surface area (Å²) in [6, 6.07) is 8.42. The van der Waals surface area contributed by atoms with Crippen molar-refractivity contribution in [1.29, 1.82) is 0 Å². The van der Waals surface area contributed by atoms with E-state index in [9.17, 15) is 4.79 Å². The molecule has 2 N–H and O–H groups in total. The number of nitrogens with one attached hydrogen (secondary N) is 2. The monoisotopic (exact) mass is 292 g/mol. The smallest absolute Gasteiger partial charge is 0.230 e. The highest BCUT2D eigenvalue weighted by Crippen LogP contribution is 2.20. The molecule has 3 nitrogen and oxygen atoms in total. The lowest BCUT2D eigenvalue weighted by molar-refractivity contribution is -0.119. The van der Waals surface area contributed by atoms with E-state index in [0.717, 1.165) is 18.7 Å². The molecule has 1 heterocycles. The predicted octanol–water partition coefficient (Wildman–Crippen LogP) is 2.66. The van der Waals surface area contributed by atoms with E-state index in [1.165, 1.54) is 18.4 Å². The quantitative estimate of drug-likeness (QED) is 0.876. The third kappa shape index (κ3) is 4.84. The van der Waals surface area contributed by atoms with E-state index >= 15 is 0 Å². The van der Waals surface area contributed by atoms with Crippen LogP contribution in [-0.2, 0) is 4.79 Å². The Hall–Kier alpha value is -1.00. The first-order chi connectivity index (χ1) is 9.65. The Bertz CT molecular complexity index is 427. The van der Waals surface area contributed by atoms with Crippen LogP contribution in [0.5, 0.6) is 0 Å². The van der Waals surface area contributed by atoms with Crippen LogP contribution in [0, 0.1) is 6.92 Å². The second kappa shape index (κ2) is 7.70. The lowest BCUT2D eigenvalue weighted by Crippen LogP contribution is -2.32. The molecule has 20 heavy (non-hydrogen) atoms. The summed E-state index contributed by atoms with van der Waals surface area (Å²) in [5, 5.41) is 7.06. The first-order valence-corrected chi connectivity index (χ1v) is 8.38. The highest BCUT2D eigenvalue weighted by molar-refractivity contribution is 8.00. The van der Waals surface area contributed by atoms with Crippen LogP contribution in [-0.4, -0.2) is 30.0 Å². The molecule has 2 rings (SSSR count). The molecular formula is C16H24N2OS. The average molecular weight is 292 g/mol. The van der Waals surface area contributed by atoms with Gasteiger partial charge in [0.15, 0.2) is 0 Å². The molecule has 0 aliphatic carbocycles. The van der Waals surface area contributed by atoms with Crippen molar-refractivity contribution in [3.8, 4) is 0 Å². The second-order valence-corrected chi connectivity index (χ2v) is 6.75. The molecule has 4 heteroatoms. The van der Waals surface area contributed by atoms with Crippen LogP contribution >= 0.6 is 11.8 Å². The van der Waals surface area contributed by atoms with Crippen molar-refractivity contribution >= 4 is 17.7 Å². The number of carbonyl (C=O) groups excluding carboxylic acids is 1. The van der Waals surface area contributed by atoms with Crippen molar-refractivity contribution in [1.82, 2.24) is 10.6 Å². The van der Waals surface area contributed by atoms with Gasteiger partial charge in [-0.1, -0.05) is 29.8 Å². The summed E-state index contributed by atoms with van der Waals surface area (Å²) in [6.45, 7) is 6.28. The summed E-state index contributed by atoms with van der Waals surface area (Å²) in [4.78, 5) is 12.0. The summed E-state index contributed by atoms with van der Waals surface area (Å²) in [7, 11) is 0. The van der Waals surface area contributed by atoms with Crippen LogP contribution in [0.2, 0.25) is 0 Å². The summed E-state index contributed by atoms with van der Waals surface area (Å²) < 4.78 is 0. The zero-order valence-corrected chi connectivity index (χ0v) is 13.1. The van der Waals surface area contributed by atoms with Crippen molar-refractivity contribution in [2.45, 2.75) is 38.0 Å². The number of piperidine rings is 1. The largest absolute Gasteiger partial charge is 0.349 e. The van der Waals surface area contributed by atoms with E-state index < -0.39 is 0 Å². The Labute approximate surface area is 125 Å². The number of thioether (sulfide) groups is 1.